The zero-order valence-electron chi connectivity index (χ0n) is 78.3. The first-order valence-corrected chi connectivity index (χ1v) is 49.4. The van der Waals surface area contributed by atoms with Crippen molar-refractivity contribution in [1.29, 1.82) is 0 Å². The van der Waals surface area contributed by atoms with Gasteiger partial charge in [-0.25, -0.2) is 0 Å². The van der Waals surface area contributed by atoms with Gasteiger partial charge < -0.3 is 54.9 Å². The van der Waals surface area contributed by atoms with Crippen molar-refractivity contribution in [3.63, 3.8) is 0 Å². The van der Waals surface area contributed by atoms with E-state index in [1.54, 1.807) is 0 Å². The highest BCUT2D eigenvalue weighted by molar-refractivity contribution is 6.21. The molecule has 23 aromatic carbocycles. The minimum Gasteiger partial charge on any atom is -0.456 e. The molecule has 32 rings (SSSR count). The van der Waals surface area contributed by atoms with Crippen molar-refractivity contribution in [3.05, 3.63) is 485 Å². The maximum Gasteiger partial charge on any atom is 0.137 e. The van der Waals surface area contributed by atoms with Crippen LogP contribution in [-0.2, 0) is 0 Å². The van der Waals surface area contributed by atoms with Gasteiger partial charge in [-0.1, -0.05) is 212 Å². The third-order valence-corrected chi connectivity index (χ3v) is 29.9. The largest absolute Gasteiger partial charge is 0.456 e. The van der Waals surface area contributed by atoms with Crippen molar-refractivity contribution < 1.29 is 26.5 Å². The van der Waals surface area contributed by atoms with Gasteiger partial charge >= 0.3 is 0 Å². The molecular formula is C134H80N6O6. The predicted octanol–water partition coefficient (Wildman–Crippen LogP) is 38.4. The topological polar surface area (TPSA) is 103 Å². The number of aromatic nitrogens is 3. The Kier molecular flexibility index (Phi) is 17.7. The van der Waals surface area contributed by atoms with Gasteiger partial charge in [0.05, 0.1) is 33.1 Å². The van der Waals surface area contributed by atoms with Crippen LogP contribution in [0.2, 0.25) is 0 Å². The Morgan fingerprint density at radius 2 is 0.363 bits per heavy atom. The lowest BCUT2D eigenvalue weighted by Gasteiger charge is -2.26. The van der Waals surface area contributed by atoms with Crippen molar-refractivity contribution in [2.45, 2.75) is 0 Å². The summed E-state index contributed by atoms with van der Waals surface area (Å²) in [6.07, 6.45) is 0. The van der Waals surface area contributed by atoms with E-state index in [9.17, 15) is 0 Å². The zero-order chi connectivity index (χ0) is 95.5. The van der Waals surface area contributed by atoms with Crippen molar-refractivity contribution in [1.82, 2.24) is 13.7 Å². The maximum atomic E-state index is 6.97. The first-order valence-electron chi connectivity index (χ1n) is 49.4. The highest BCUT2D eigenvalue weighted by Crippen LogP contribution is 2.51. The molecule has 682 valence electrons. The number of furan rings is 6. The number of nitrogens with zero attached hydrogens (tertiary/aromatic N) is 6. The monoisotopic (exact) mass is 1870 g/mol. The van der Waals surface area contributed by atoms with Crippen LogP contribution in [-0.4, -0.2) is 13.7 Å². The molecular weight excluding hydrogens is 1790 g/mol. The molecule has 0 bridgehead atoms. The van der Waals surface area contributed by atoms with Crippen LogP contribution in [0.15, 0.2) is 512 Å². The minimum absolute atomic E-state index is 0.795. The fourth-order valence-corrected chi connectivity index (χ4v) is 23.3. The molecule has 0 aliphatic rings. The normalized spacial score (nSPS) is 12.1. The van der Waals surface area contributed by atoms with Gasteiger partial charge in [0.25, 0.3) is 0 Å². The van der Waals surface area contributed by atoms with Crippen LogP contribution in [0.1, 0.15) is 0 Å². The van der Waals surface area contributed by atoms with Gasteiger partial charge in [-0.2, -0.15) is 0 Å². The molecule has 0 aliphatic carbocycles. The number of para-hydroxylation sites is 10. The van der Waals surface area contributed by atoms with Gasteiger partial charge in [-0.15, -0.1) is 0 Å². The van der Waals surface area contributed by atoms with Gasteiger partial charge in [0, 0.05) is 177 Å². The van der Waals surface area contributed by atoms with E-state index in [0.29, 0.717) is 0 Å². The summed E-state index contributed by atoms with van der Waals surface area (Å²) in [6.45, 7) is 0. The summed E-state index contributed by atoms with van der Waals surface area (Å²) >= 11 is 0. The molecule has 12 nitrogen and oxygen atoms in total. The fraction of sp³-hybridized carbons (Fsp3) is 0. The van der Waals surface area contributed by atoms with Crippen molar-refractivity contribution in [2.75, 3.05) is 14.7 Å². The Morgan fingerprint density at radius 3 is 0.788 bits per heavy atom. The van der Waals surface area contributed by atoms with Crippen LogP contribution in [0.25, 0.3) is 247 Å². The number of rotatable bonds is 13. The summed E-state index contributed by atoms with van der Waals surface area (Å²) in [5.41, 5.74) is 32.0. The maximum absolute atomic E-state index is 6.97. The van der Waals surface area contributed by atoms with E-state index in [0.717, 1.165) is 255 Å². The Morgan fingerprint density at radius 1 is 0.123 bits per heavy atom. The highest BCUT2D eigenvalue weighted by Gasteiger charge is 2.28. The van der Waals surface area contributed by atoms with Crippen molar-refractivity contribution >= 4 is 270 Å². The number of benzene rings is 23. The van der Waals surface area contributed by atoms with Crippen molar-refractivity contribution in [3.8, 4) is 28.2 Å². The molecule has 0 spiro atoms. The quantitative estimate of drug-likeness (QED) is 0.112. The molecule has 12 heteroatoms. The van der Waals surface area contributed by atoms with Gasteiger partial charge in [0.2, 0.25) is 0 Å². The van der Waals surface area contributed by atoms with E-state index in [-0.39, 0.29) is 0 Å². The SMILES string of the molecule is c1ccc(-n2c3ccccc3c3ccc(N(c4ccc5c(c4)oc4cc6cc7c(cc6cc45)oc4cc(N(c5ccc6oc8ccccc8c6c5)c5ccc6c8ccccc8n(-c8ccccc8)c6c5)ccc47)c4ccc5oc6ccccc6c5c4)cc32)cc1.c1ccc(N(c2ccc(-c3ccc4c(c3)oc3cc5cc6c(cc5cc34)oc3ccccc36)cc2)c2ccc3c(c2)c2ccccc2n3-c2ccccc2)cc1. The Bertz CT molecular complexity index is 10600. The third kappa shape index (κ3) is 12.8. The molecule has 32 aromatic rings. The van der Waals surface area contributed by atoms with E-state index in [1.165, 1.54) is 43.4 Å². The molecule has 0 radical (unpaired) electrons. The van der Waals surface area contributed by atoms with Crippen LogP contribution in [0.5, 0.6) is 0 Å². The molecule has 0 aliphatic heterocycles. The lowest BCUT2D eigenvalue weighted by molar-refractivity contribution is 0.668. The van der Waals surface area contributed by atoms with E-state index in [1.807, 2.05) is 36.4 Å². The van der Waals surface area contributed by atoms with Crippen LogP contribution in [0, 0.1) is 0 Å². The molecule has 0 saturated heterocycles. The lowest BCUT2D eigenvalue weighted by atomic mass is 10.0. The van der Waals surface area contributed by atoms with E-state index in [4.69, 9.17) is 26.5 Å². The number of hydrogen-bond donors (Lipinski definition) is 0. The molecule has 0 fully saturated rings. The van der Waals surface area contributed by atoms with Gasteiger partial charge in [-0.05, 0) is 294 Å². The Hall–Kier alpha value is -19.8. The molecule has 0 atom stereocenters. The smallest absolute Gasteiger partial charge is 0.137 e. The second kappa shape index (κ2) is 31.9. The van der Waals surface area contributed by atoms with Crippen molar-refractivity contribution in [2.24, 2.45) is 0 Å². The van der Waals surface area contributed by atoms with Gasteiger partial charge in [0.1, 0.15) is 67.0 Å². The molecule has 0 unspecified atom stereocenters. The lowest BCUT2D eigenvalue weighted by Crippen LogP contribution is -2.10. The first-order chi connectivity index (χ1) is 72.3. The molecule has 146 heavy (non-hydrogen) atoms. The van der Waals surface area contributed by atoms with Crippen LogP contribution in [0.3, 0.4) is 0 Å². The third-order valence-electron chi connectivity index (χ3n) is 29.9. The molecule has 0 N–H and O–H groups in total. The fourth-order valence-electron chi connectivity index (χ4n) is 23.3. The molecule has 0 amide bonds. The molecule has 9 aromatic heterocycles. The predicted molar refractivity (Wildman–Crippen MR) is 604 cm³/mol. The number of fused-ring (bicyclic) bond motifs is 29. The Balaban J connectivity index is 0.000000148. The van der Waals surface area contributed by atoms with E-state index >= 15 is 0 Å². The number of anilines is 9. The van der Waals surface area contributed by atoms with Gasteiger partial charge in [-0.3, -0.25) is 0 Å². The first kappa shape index (κ1) is 81.1. The average molecular weight is 1870 g/mol. The van der Waals surface area contributed by atoms with E-state index < -0.39 is 0 Å². The highest BCUT2D eigenvalue weighted by atomic mass is 16.3. The van der Waals surface area contributed by atoms with Gasteiger partial charge in [0.15, 0.2) is 0 Å². The minimum atomic E-state index is 0.795. The standard InChI is InChI=1S/C82H48N4O4.C52H32N2O2/c1-3-15-51(16-4-1)85-71-23-11-7-19-59(71)61-33-27-55(45-73(61)85)83(53-31-37-77-69(43-53)63-21-9-13-25-75(63)87-77)57-29-35-65-67-39-49-42-80-68(40-50(49)41-79(67)89-81(65)47-57)66-36-30-58(48-82(66)90-80)84(54-32-38-78-70(44-54)64-22-10-14-26-76(64)88-78)56-28-34-62-60-20-8-12-24-72(60)86(74(62)46-56)52-17-5-2-6-18-52;1-3-11-37(12-4-1)53(40-24-26-48-44(32-40)41-15-7-9-17-47(41)54(48)38-13-5-2-6-14-38)39-22-19-33(20-23-39)34-21-25-43-46-28-36-30-51-45(42-16-8-10-18-49(42)55-51)27-35(36)31-52(46)56-50(43)29-34/h1-48H;1-32H. The molecule has 0 saturated carbocycles. The summed E-state index contributed by atoms with van der Waals surface area (Å²) in [6, 6.07) is 173. The molecule has 9 heterocycles. The van der Waals surface area contributed by atoms with Crippen LogP contribution < -0.4 is 14.7 Å². The summed E-state index contributed by atoms with van der Waals surface area (Å²) in [4.78, 5) is 7.01. The second-order valence-electron chi connectivity index (χ2n) is 38.2. The number of hydrogen-bond acceptors (Lipinski definition) is 9. The van der Waals surface area contributed by atoms with Crippen LogP contribution >= 0.6 is 0 Å². The van der Waals surface area contributed by atoms with E-state index in [2.05, 4.69) is 477 Å². The summed E-state index contributed by atoms with van der Waals surface area (Å²) < 4.78 is 46.5. The van der Waals surface area contributed by atoms with Crippen LogP contribution in [0.4, 0.5) is 51.2 Å². The summed E-state index contributed by atoms with van der Waals surface area (Å²) in [5.74, 6) is 0. The average Bonchev–Trinajstić information content (AvgIpc) is 1.58. The summed E-state index contributed by atoms with van der Waals surface area (Å²) in [7, 11) is 0. The Labute approximate surface area is 832 Å². The second-order valence-corrected chi connectivity index (χ2v) is 38.2. The summed E-state index contributed by atoms with van der Waals surface area (Å²) in [5, 5.41) is 24.5. The zero-order valence-corrected chi connectivity index (χ0v) is 78.3.